The van der Waals surface area contributed by atoms with Gasteiger partial charge >= 0.3 is 0 Å². The van der Waals surface area contributed by atoms with Crippen LogP contribution < -0.4 is 16.4 Å². The van der Waals surface area contributed by atoms with Crippen LogP contribution in [0.25, 0.3) is 0 Å². The molecule has 1 aromatic rings. The summed E-state index contributed by atoms with van der Waals surface area (Å²) >= 11 is 0. The Bertz CT molecular complexity index is 325. The van der Waals surface area contributed by atoms with E-state index in [9.17, 15) is 4.39 Å². The number of anilines is 2. The van der Waals surface area contributed by atoms with Crippen molar-refractivity contribution in [1.29, 1.82) is 0 Å². The van der Waals surface area contributed by atoms with Crippen molar-refractivity contribution < 1.29 is 4.39 Å². The van der Waals surface area contributed by atoms with Gasteiger partial charge in [0.05, 0.1) is 5.69 Å². The van der Waals surface area contributed by atoms with Crippen molar-refractivity contribution in [2.24, 2.45) is 5.73 Å². The van der Waals surface area contributed by atoms with E-state index in [1.165, 1.54) is 6.07 Å². The minimum atomic E-state index is -0.302. The van der Waals surface area contributed by atoms with Crippen LogP contribution in [0.4, 0.5) is 15.8 Å². The van der Waals surface area contributed by atoms with Crippen LogP contribution in [0.15, 0.2) is 12.1 Å². The van der Waals surface area contributed by atoms with Crippen LogP contribution in [-0.2, 0) is 6.54 Å². The Labute approximate surface area is 83.5 Å². The Morgan fingerprint density at radius 2 is 2.07 bits per heavy atom. The zero-order valence-electron chi connectivity index (χ0n) is 8.55. The van der Waals surface area contributed by atoms with Gasteiger partial charge < -0.3 is 16.4 Å². The molecule has 0 saturated carbocycles. The number of rotatable bonds is 3. The first-order chi connectivity index (χ1) is 6.60. The first kappa shape index (κ1) is 10.8. The van der Waals surface area contributed by atoms with Crippen molar-refractivity contribution in [2.75, 3.05) is 24.2 Å². The molecule has 3 nitrogen and oxygen atoms in total. The van der Waals surface area contributed by atoms with Crippen molar-refractivity contribution in [3.63, 3.8) is 0 Å². The second kappa shape index (κ2) is 4.28. The molecule has 0 saturated heterocycles. The maximum absolute atomic E-state index is 13.4. The molecule has 4 N–H and O–H groups in total. The summed E-state index contributed by atoms with van der Waals surface area (Å²) in [5.74, 6) is -0.302. The minimum absolute atomic E-state index is 0.302. The van der Waals surface area contributed by atoms with E-state index in [4.69, 9.17) is 11.5 Å². The highest BCUT2D eigenvalue weighted by Crippen LogP contribution is 2.24. The van der Waals surface area contributed by atoms with Gasteiger partial charge in [0, 0.05) is 25.8 Å². The SMILES string of the molecule is CCN(C)c1cc(CN)c(N)cc1F. The number of halogens is 1. The van der Waals surface area contributed by atoms with Crippen LogP contribution in [-0.4, -0.2) is 13.6 Å². The third kappa shape index (κ3) is 1.96. The van der Waals surface area contributed by atoms with Gasteiger partial charge in [0.25, 0.3) is 0 Å². The van der Waals surface area contributed by atoms with Gasteiger partial charge in [-0.2, -0.15) is 0 Å². The summed E-state index contributed by atoms with van der Waals surface area (Å²) < 4.78 is 13.4. The first-order valence-electron chi connectivity index (χ1n) is 4.59. The summed E-state index contributed by atoms with van der Waals surface area (Å²) in [6.45, 7) is 3.03. The molecule has 0 bridgehead atoms. The van der Waals surface area contributed by atoms with Gasteiger partial charge in [0.2, 0.25) is 0 Å². The molecule has 78 valence electrons. The monoisotopic (exact) mass is 197 g/mol. The van der Waals surface area contributed by atoms with Gasteiger partial charge in [0.15, 0.2) is 0 Å². The van der Waals surface area contributed by atoms with Crippen molar-refractivity contribution in [3.8, 4) is 0 Å². The Balaban J connectivity index is 3.17. The van der Waals surface area contributed by atoms with E-state index in [0.717, 1.165) is 12.1 Å². The number of nitrogens with zero attached hydrogens (tertiary/aromatic N) is 1. The number of nitrogens with two attached hydrogens (primary N) is 2. The van der Waals surface area contributed by atoms with Crippen LogP contribution in [0.3, 0.4) is 0 Å². The van der Waals surface area contributed by atoms with Crippen LogP contribution in [0.2, 0.25) is 0 Å². The lowest BCUT2D eigenvalue weighted by Gasteiger charge is -2.19. The summed E-state index contributed by atoms with van der Waals surface area (Å²) in [5, 5.41) is 0. The van der Waals surface area contributed by atoms with Gasteiger partial charge in [-0.1, -0.05) is 0 Å². The quantitative estimate of drug-likeness (QED) is 0.718. The zero-order chi connectivity index (χ0) is 10.7. The molecule has 0 aliphatic heterocycles. The minimum Gasteiger partial charge on any atom is -0.398 e. The highest BCUT2D eigenvalue weighted by molar-refractivity contribution is 5.59. The zero-order valence-corrected chi connectivity index (χ0v) is 8.55. The number of nitrogen functional groups attached to an aromatic ring is 1. The second-order valence-corrected chi connectivity index (χ2v) is 3.22. The highest BCUT2D eigenvalue weighted by Gasteiger charge is 2.09. The number of hydrogen-bond donors (Lipinski definition) is 2. The summed E-state index contributed by atoms with van der Waals surface area (Å²) in [6, 6.07) is 3.03. The van der Waals surface area contributed by atoms with E-state index in [-0.39, 0.29) is 5.82 Å². The molecule has 0 heterocycles. The summed E-state index contributed by atoms with van der Waals surface area (Å²) in [5.41, 5.74) is 12.8. The van der Waals surface area contributed by atoms with Gasteiger partial charge in [-0.25, -0.2) is 4.39 Å². The lowest BCUT2D eigenvalue weighted by Crippen LogP contribution is -2.18. The molecule has 1 rings (SSSR count). The third-order valence-electron chi connectivity index (χ3n) is 2.31. The Morgan fingerprint density at radius 1 is 1.43 bits per heavy atom. The maximum atomic E-state index is 13.4. The molecule has 0 atom stereocenters. The van der Waals surface area contributed by atoms with E-state index >= 15 is 0 Å². The van der Waals surface area contributed by atoms with Crippen molar-refractivity contribution >= 4 is 11.4 Å². The Hall–Kier alpha value is -1.29. The third-order valence-corrected chi connectivity index (χ3v) is 2.31. The average Bonchev–Trinajstić information content (AvgIpc) is 2.17. The highest BCUT2D eigenvalue weighted by atomic mass is 19.1. The smallest absolute Gasteiger partial charge is 0.148 e. The lowest BCUT2D eigenvalue weighted by molar-refractivity contribution is 0.623. The molecule has 14 heavy (non-hydrogen) atoms. The molecule has 0 radical (unpaired) electrons. The van der Waals surface area contributed by atoms with Crippen molar-refractivity contribution in [2.45, 2.75) is 13.5 Å². The molecule has 0 aliphatic carbocycles. The summed E-state index contributed by atoms with van der Waals surface area (Å²) in [7, 11) is 1.83. The largest absolute Gasteiger partial charge is 0.398 e. The van der Waals surface area contributed by atoms with Crippen molar-refractivity contribution in [1.82, 2.24) is 0 Å². The number of hydrogen-bond acceptors (Lipinski definition) is 3. The lowest BCUT2D eigenvalue weighted by atomic mass is 10.1. The fourth-order valence-electron chi connectivity index (χ4n) is 1.26. The van der Waals surface area contributed by atoms with E-state index in [1.54, 1.807) is 6.07 Å². The van der Waals surface area contributed by atoms with Crippen LogP contribution in [0.1, 0.15) is 12.5 Å². The van der Waals surface area contributed by atoms with E-state index < -0.39 is 0 Å². The normalized spacial score (nSPS) is 10.3. The van der Waals surface area contributed by atoms with E-state index in [0.29, 0.717) is 17.9 Å². The molecule has 0 fully saturated rings. The molecular formula is C10H16FN3. The molecule has 4 heteroatoms. The summed E-state index contributed by atoms with van der Waals surface area (Å²) in [4.78, 5) is 1.81. The van der Waals surface area contributed by atoms with Gasteiger partial charge in [-0.3, -0.25) is 0 Å². The van der Waals surface area contributed by atoms with Crippen LogP contribution >= 0.6 is 0 Å². The average molecular weight is 197 g/mol. The fourth-order valence-corrected chi connectivity index (χ4v) is 1.26. The standard InChI is InChI=1S/C10H16FN3/c1-3-14(2)10-4-7(6-12)9(13)5-8(10)11/h4-5H,3,6,12-13H2,1-2H3. The molecule has 1 aromatic carbocycles. The second-order valence-electron chi connectivity index (χ2n) is 3.22. The first-order valence-corrected chi connectivity index (χ1v) is 4.59. The molecule has 0 aromatic heterocycles. The molecular weight excluding hydrogens is 181 g/mol. The van der Waals surface area contributed by atoms with Crippen LogP contribution in [0.5, 0.6) is 0 Å². The molecule has 0 amide bonds. The van der Waals surface area contributed by atoms with Crippen LogP contribution in [0, 0.1) is 5.82 Å². The maximum Gasteiger partial charge on any atom is 0.148 e. The van der Waals surface area contributed by atoms with Gasteiger partial charge in [0.1, 0.15) is 5.82 Å². The topological polar surface area (TPSA) is 55.3 Å². The fraction of sp³-hybridized carbons (Fsp3) is 0.400. The van der Waals surface area contributed by atoms with Crippen molar-refractivity contribution in [3.05, 3.63) is 23.5 Å². The molecule has 0 spiro atoms. The predicted molar refractivity (Wildman–Crippen MR) is 57.6 cm³/mol. The number of benzene rings is 1. The van der Waals surface area contributed by atoms with Gasteiger partial charge in [-0.05, 0) is 24.6 Å². The Morgan fingerprint density at radius 3 is 2.57 bits per heavy atom. The van der Waals surface area contributed by atoms with E-state index in [2.05, 4.69) is 0 Å². The predicted octanol–water partition coefficient (Wildman–Crippen LogP) is 1.32. The molecule has 0 unspecified atom stereocenters. The Kier molecular flexibility index (Phi) is 3.30. The van der Waals surface area contributed by atoms with Gasteiger partial charge in [-0.15, -0.1) is 0 Å². The molecule has 0 aliphatic rings. The van der Waals surface area contributed by atoms with E-state index in [1.807, 2.05) is 18.9 Å². The summed E-state index contributed by atoms with van der Waals surface area (Å²) in [6.07, 6.45) is 0.